The van der Waals surface area contributed by atoms with Crippen molar-refractivity contribution in [1.82, 2.24) is 0 Å². The van der Waals surface area contributed by atoms with Gasteiger partial charge >= 0.3 is 0 Å². The minimum absolute atomic E-state index is 0.0667. The molecule has 2 unspecified atom stereocenters. The number of aryl methyl sites for hydroxylation is 1. The van der Waals surface area contributed by atoms with E-state index in [2.05, 4.69) is 19.1 Å². The van der Waals surface area contributed by atoms with Crippen LogP contribution < -0.4 is 18.9 Å². The van der Waals surface area contributed by atoms with Crippen molar-refractivity contribution in [2.75, 3.05) is 26.4 Å². The van der Waals surface area contributed by atoms with Gasteiger partial charge in [-0.05, 0) is 42.3 Å². The molecule has 0 aliphatic carbocycles. The standard InChI is InChI=1S/C34H34O6/c1-2-24-17-18-31-32(19-24)34(40-23-26(36)21-38-28-13-7-4-8-14-28)30-16-10-9-15-29(30)33(31)39-22-25(35)20-37-27-11-5-3-6-12-27/h3-19,25-26,35-36H,2,20-23H2,1H3. The average Bonchev–Trinajstić information content (AvgIpc) is 3.01. The Balaban J connectivity index is 1.38. The molecule has 0 heterocycles. The molecule has 0 fully saturated rings. The van der Waals surface area contributed by atoms with Gasteiger partial charge < -0.3 is 29.2 Å². The first kappa shape index (κ1) is 27.3. The summed E-state index contributed by atoms with van der Waals surface area (Å²) in [4.78, 5) is 0. The van der Waals surface area contributed by atoms with Crippen LogP contribution >= 0.6 is 0 Å². The van der Waals surface area contributed by atoms with Crippen LogP contribution in [-0.4, -0.2) is 48.8 Å². The van der Waals surface area contributed by atoms with E-state index in [0.717, 1.165) is 33.5 Å². The maximum absolute atomic E-state index is 10.6. The van der Waals surface area contributed by atoms with Gasteiger partial charge in [0.15, 0.2) is 0 Å². The quantitative estimate of drug-likeness (QED) is 0.174. The lowest BCUT2D eigenvalue weighted by molar-refractivity contribution is 0.0629. The number of aliphatic hydroxyl groups is 2. The molecule has 0 amide bonds. The molecule has 0 aliphatic rings. The molecule has 0 spiro atoms. The smallest absolute Gasteiger partial charge is 0.135 e. The first-order valence-electron chi connectivity index (χ1n) is 13.6. The maximum Gasteiger partial charge on any atom is 0.135 e. The molecular weight excluding hydrogens is 504 g/mol. The molecule has 0 bridgehead atoms. The zero-order valence-corrected chi connectivity index (χ0v) is 22.5. The van der Waals surface area contributed by atoms with Gasteiger partial charge in [0.05, 0.1) is 0 Å². The third kappa shape index (κ3) is 6.65. The minimum Gasteiger partial charge on any atom is -0.491 e. The average molecular weight is 539 g/mol. The summed E-state index contributed by atoms with van der Waals surface area (Å²) in [5.41, 5.74) is 1.16. The van der Waals surface area contributed by atoms with Gasteiger partial charge in [0.25, 0.3) is 0 Å². The first-order valence-corrected chi connectivity index (χ1v) is 13.6. The van der Waals surface area contributed by atoms with Crippen molar-refractivity contribution in [3.05, 3.63) is 109 Å². The molecule has 6 nitrogen and oxygen atoms in total. The summed E-state index contributed by atoms with van der Waals surface area (Å²) < 4.78 is 24.0. The number of aliphatic hydroxyl groups excluding tert-OH is 2. The minimum atomic E-state index is -0.820. The molecule has 0 radical (unpaired) electrons. The van der Waals surface area contributed by atoms with E-state index in [1.54, 1.807) is 0 Å². The van der Waals surface area contributed by atoms with Crippen molar-refractivity contribution < 1.29 is 29.2 Å². The number of rotatable bonds is 13. The van der Waals surface area contributed by atoms with Crippen LogP contribution in [-0.2, 0) is 6.42 Å². The van der Waals surface area contributed by atoms with Gasteiger partial charge in [0.2, 0.25) is 0 Å². The van der Waals surface area contributed by atoms with Crippen molar-refractivity contribution in [3.63, 3.8) is 0 Å². The molecule has 5 rings (SSSR count). The van der Waals surface area contributed by atoms with Crippen molar-refractivity contribution in [2.45, 2.75) is 25.6 Å². The number of ether oxygens (including phenoxy) is 4. The zero-order chi connectivity index (χ0) is 27.7. The fourth-order valence-corrected chi connectivity index (χ4v) is 4.55. The van der Waals surface area contributed by atoms with Crippen molar-refractivity contribution in [1.29, 1.82) is 0 Å². The van der Waals surface area contributed by atoms with Crippen LogP contribution in [0, 0.1) is 0 Å². The van der Waals surface area contributed by atoms with Gasteiger partial charge in [-0.1, -0.05) is 79.7 Å². The van der Waals surface area contributed by atoms with Crippen LogP contribution in [0.1, 0.15) is 12.5 Å². The third-order valence-corrected chi connectivity index (χ3v) is 6.61. The van der Waals surface area contributed by atoms with E-state index in [-0.39, 0.29) is 26.4 Å². The second-order valence-electron chi connectivity index (χ2n) is 9.62. The molecule has 0 aromatic heterocycles. The van der Waals surface area contributed by atoms with Gasteiger partial charge in [0.1, 0.15) is 61.6 Å². The van der Waals surface area contributed by atoms with Crippen LogP contribution in [0.15, 0.2) is 103 Å². The van der Waals surface area contributed by atoms with Gasteiger partial charge in [-0.25, -0.2) is 0 Å². The van der Waals surface area contributed by atoms with E-state index in [1.807, 2.05) is 91.0 Å². The molecule has 206 valence electrons. The fourth-order valence-electron chi connectivity index (χ4n) is 4.55. The molecule has 5 aromatic carbocycles. The fraction of sp³-hybridized carbons (Fsp3) is 0.235. The SMILES string of the molecule is CCc1ccc2c(OCC(O)COc3ccccc3)c3ccccc3c(OCC(O)COc3ccccc3)c2c1. The summed E-state index contributed by atoms with van der Waals surface area (Å²) in [6.07, 6.45) is -0.778. The molecule has 0 aliphatic heterocycles. The number of hydrogen-bond donors (Lipinski definition) is 2. The Hall–Kier alpha value is -4.26. The predicted molar refractivity (Wildman–Crippen MR) is 158 cm³/mol. The molecule has 5 aromatic rings. The highest BCUT2D eigenvalue weighted by Gasteiger charge is 2.19. The Bertz CT molecular complexity index is 1520. The lowest BCUT2D eigenvalue weighted by Crippen LogP contribution is -2.25. The molecule has 0 saturated heterocycles. The predicted octanol–water partition coefficient (Wildman–Crippen LogP) is 6.19. The Kier molecular flexibility index (Phi) is 9.01. The topological polar surface area (TPSA) is 77.4 Å². The number of para-hydroxylation sites is 2. The lowest BCUT2D eigenvalue weighted by atomic mass is 9.98. The monoisotopic (exact) mass is 538 g/mol. The highest BCUT2D eigenvalue weighted by atomic mass is 16.5. The molecule has 0 saturated carbocycles. The third-order valence-electron chi connectivity index (χ3n) is 6.61. The van der Waals surface area contributed by atoms with Crippen LogP contribution in [0.2, 0.25) is 0 Å². The highest BCUT2D eigenvalue weighted by molar-refractivity contribution is 6.11. The van der Waals surface area contributed by atoms with E-state index in [1.165, 1.54) is 0 Å². The molecular formula is C34H34O6. The summed E-state index contributed by atoms with van der Waals surface area (Å²) >= 11 is 0. The Morgan fingerprint density at radius 1 is 0.500 bits per heavy atom. The van der Waals surface area contributed by atoms with Crippen LogP contribution in [0.5, 0.6) is 23.0 Å². The molecule has 2 N–H and O–H groups in total. The molecule has 6 heteroatoms. The maximum atomic E-state index is 10.6. The largest absolute Gasteiger partial charge is 0.491 e. The van der Waals surface area contributed by atoms with Crippen LogP contribution in [0.4, 0.5) is 0 Å². The zero-order valence-electron chi connectivity index (χ0n) is 22.5. The normalized spacial score (nSPS) is 12.7. The Labute approximate surface area is 234 Å². The van der Waals surface area contributed by atoms with Crippen LogP contribution in [0.25, 0.3) is 21.5 Å². The molecule has 2 atom stereocenters. The van der Waals surface area contributed by atoms with Gasteiger partial charge in [0, 0.05) is 21.5 Å². The van der Waals surface area contributed by atoms with Gasteiger partial charge in [-0.3, -0.25) is 0 Å². The Morgan fingerprint density at radius 2 is 0.925 bits per heavy atom. The summed E-state index contributed by atoms with van der Waals surface area (Å²) in [5.74, 6) is 2.75. The lowest BCUT2D eigenvalue weighted by Gasteiger charge is -2.21. The van der Waals surface area contributed by atoms with Crippen LogP contribution in [0.3, 0.4) is 0 Å². The summed E-state index contributed by atoms with van der Waals surface area (Å²) in [5, 5.41) is 24.7. The highest BCUT2D eigenvalue weighted by Crippen LogP contribution is 2.43. The first-order chi connectivity index (χ1) is 19.6. The van der Waals surface area contributed by atoms with E-state index < -0.39 is 12.2 Å². The Morgan fingerprint density at radius 3 is 1.43 bits per heavy atom. The van der Waals surface area contributed by atoms with E-state index >= 15 is 0 Å². The van der Waals surface area contributed by atoms with Crippen molar-refractivity contribution >= 4 is 21.5 Å². The summed E-state index contributed by atoms with van der Waals surface area (Å²) in [7, 11) is 0. The van der Waals surface area contributed by atoms with Gasteiger partial charge in [-0.15, -0.1) is 0 Å². The van der Waals surface area contributed by atoms with Gasteiger partial charge in [-0.2, -0.15) is 0 Å². The van der Waals surface area contributed by atoms with Crippen molar-refractivity contribution in [2.24, 2.45) is 0 Å². The summed E-state index contributed by atoms with van der Waals surface area (Å²) in [6, 6.07) is 32.9. The van der Waals surface area contributed by atoms with E-state index in [9.17, 15) is 10.2 Å². The van der Waals surface area contributed by atoms with E-state index in [0.29, 0.717) is 23.0 Å². The molecule has 40 heavy (non-hydrogen) atoms. The number of benzene rings is 5. The second-order valence-corrected chi connectivity index (χ2v) is 9.62. The number of hydrogen-bond acceptors (Lipinski definition) is 6. The number of fused-ring (bicyclic) bond motifs is 2. The second kappa shape index (κ2) is 13.2. The van der Waals surface area contributed by atoms with E-state index in [4.69, 9.17) is 18.9 Å². The summed E-state index contributed by atoms with van der Waals surface area (Å²) in [6.45, 7) is 2.47. The van der Waals surface area contributed by atoms with Crippen molar-refractivity contribution in [3.8, 4) is 23.0 Å².